The number of para-hydroxylation sites is 1. The molecule has 3 aromatic rings. The molecule has 2 N–H and O–H groups in total. The normalized spacial score (nSPS) is 14.3. The highest BCUT2D eigenvalue weighted by molar-refractivity contribution is 7.22. The number of piperazine rings is 1. The maximum Gasteiger partial charge on any atom is 0.260 e. The fourth-order valence-electron chi connectivity index (χ4n) is 3.17. The lowest BCUT2D eigenvalue weighted by Crippen LogP contribution is -2.51. The first-order valence-corrected chi connectivity index (χ1v) is 9.83. The van der Waals surface area contributed by atoms with E-state index in [-0.39, 0.29) is 18.4 Å². The van der Waals surface area contributed by atoms with Crippen LogP contribution in [0.4, 0.5) is 5.13 Å². The van der Waals surface area contributed by atoms with Crippen LogP contribution in [0.3, 0.4) is 0 Å². The van der Waals surface area contributed by atoms with Gasteiger partial charge < -0.3 is 20.3 Å². The van der Waals surface area contributed by atoms with Crippen LogP contribution >= 0.6 is 11.3 Å². The van der Waals surface area contributed by atoms with Crippen LogP contribution in [0.25, 0.3) is 10.2 Å². The SMILES string of the molecule is Nc1nc2cc(C(=O)N3CCN(C(=O)COc4ccccc4)CC3)ccc2s1. The Hall–Kier alpha value is -3.13. The van der Waals surface area contributed by atoms with E-state index in [1.165, 1.54) is 11.3 Å². The summed E-state index contributed by atoms with van der Waals surface area (Å²) in [5, 5.41) is 0.490. The number of hydrogen-bond donors (Lipinski definition) is 1. The minimum atomic E-state index is -0.0738. The van der Waals surface area contributed by atoms with Gasteiger partial charge in [-0.15, -0.1) is 0 Å². The summed E-state index contributed by atoms with van der Waals surface area (Å²) in [5.74, 6) is 0.541. The molecule has 1 aliphatic heterocycles. The van der Waals surface area contributed by atoms with Crippen molar-refractivity contribution in [1.29, 1.82) is 0 Å². The van der Waals surface area contributed by atoms with Crippen LogP contribution < -0.4 is 10.5 Å². The van der Waals surface area contributed by atoms with Crippen LogP contribution in [-0.4, -0.2) is 59.4 Å². The molecule has 0 spiro atoms. The smallest absolute Gasteiger partial charge is 0.260 e. The second-order valence-electron chi connectivity index (χ2n) is 6.51. The van der Waals surface area contributed by atoms with Crippen molar-refractivity contribution in [2.45, 2.75) is 0 Å². The van der Waals surface area contributed by atoms with Crippen molar-refractivity contribution in [3.05, 3.63) is 54.1 Å². The van der Waals surface area contributed by atoms with Crippen LogP contribution in [0, 0.1) is 0 Å². The summed E-state index contributed by atoms with van der Waals surface area (Å²) in [7, 11) is 0. The summed E-state index contributed by atoms with van der Waals surface area (Å²) in [6, 6.07) is 14.7. The molecule has 0 atom stereocenters. The zero-order chi connectivity index (χ0) is 19.5. The van der Waals surface area contributed by atoms with Gasteiger partial charge in [0, 0.05) is 31.7 Å². The van der Waals surface area contributed by atoms with Crippen LogP contribution in [0.15, 0.2) is 48.5 Å². The number of ether oxygens (including phenoxy) is 1. The fourth-order valence-corrected chi connectivity index (χ4v) is 3.89. The Labute approximate surface area is 166 Å². The second kappa shape index (κ2) is 7.85. The molecule has 28 heavy (non-hydrogen) atoms. The zero-order valence-electron chi connectivity index (χ0n) is 15.2. The van der Waals surface area contributed by atoms with E-state index in [1.54, 1.807) is 21.9 Å². The van der Waals surface area contributed by atoms with Gasteiger partial charge in [-0.2, -0.15) is 0 Å². The number of nitrogens with zero attached hydrogens (tertiary/aromatic N) is 3. The first kappa shape index (κ1) is 18.2. The maximum absolute atomic E-state index is 12.8. The molecule has 4 rings (SSSR count). The lowest BCUT2D eigenvalue weighted by molar-refractivity contribution is -0.134. The van der Waals surface area contributed by atoms with Crippen molar-refractivity contribution < 1.29 is 14.3 Å². The largest absolute Gasteiger partial charge is 0.484 e. The summed E-state index contributed by atoms with van der Waals surface area (Å²) >= 11 is 1.40. The topological polar surface area (TPSA) is 88.8 Å². The van der Waals surface area contributed by atoms with Gasteiger partial charge in [0.15, 0.2) is 11.7 Å². The Bertz CT molecular complexity index is 997. The lowest BCUT2D eigenvalue weighted by Gasteiger charge is -2.34. The average Bonchev–Trinajstić information content (AvgIpc) is 3.11. The first-order valence-electron chi connectivity index (χ1n) is 9.01. The van der Waals surface area contributed by atoms with Gasteiger partial charge in [0.05, 0.1) is 10.2 Å². The molecular formula is C20H20N4O3S. The molecule has 0 aliphatic carbocycles. The number of carbonyl (C=O) groups excluding carboxylic acids is 2. The third kappa shape index (κ3) is 3.91. The number of carbonyl (C=O) groups is 2. The predicted octanol–water partition coefficient (Wildman–Crippen LogP) is 2.24. The average molecular weight is 396 g/mol. The monoisotopic (exact) mass is 396 g/mol. The van der Waals surface area contributed by atoms with Crippen LogP contribution in [0.1, 0.15) is 10.4 Å². The molecule has 0 saturated carbocycles. The molecule has 2 aromatic carbocycles. The Balaban J connectivity index is 1.32. The number of nitrogens with two attached hydrogens (primary N) is 1. The zero-order valence-corrected chi connectivity index (χ0v) is 16.0. The van der Waals surface area contributed by atoms with Gasteiger partial charge in [-0.3, -0.25) is 9.59 Å². The highest BCUT2D eigenvalue weighted by Crippen LogP contribution is 2.25. The highest BCUT2D eigenvalue weighted by atomic mass is 32.1. The van der Waals surface area contributed by atoms with Crippen LogP contribution in [-0.2, 0) is 4.79 Å². The molecule has 144 valence electrons. The van der Waals surface area contributed by atoms with Gasteiger partial charge in [0.1, 0.15) is 5.75 Å². The summed E-state index contributed by atoms with van der Waals surface area (Å²) in [6.07, 6.45) is 0. The Morgan fingerprint density at radius 3 is 2.50 bits per heavy atom. The van der Waals surface area contributed by atoms with Crippen molar-refractivity contribution in [2.75, 3.05) is 38.5 Å². The van der Waals surface area contributed by atoms with Gasteiger partial charge in [0.25, 0.3) is 11.8 Å². The Morgan fingerprint density at radius 1 is 1.04 bits per heavy atom. The second-order valence-corrected chi connectivity index (χ2v) is 7.57. The molecule has 8 heteroatoms. The highest BCUT2D eigenvalue weighted by Gasteiger charge is 2.25. The predicted molar refractivity (Wildman–Crippen MR) is 108 cm³/mol. The van der Waals surface area contributed by atoms with Crippen molar-refractivity contribution in [3.63, 3.8) is 0 Å². The number of rotatable bonds is 4. The minimum Gasteiger partial charge on any atom is -0.484 e. The molecular weight excluding hydrogens is 376 g/mol. The number of aromatic nitrogens is 1. The first-order chi connectivity index (χ1) is 13.6. The van der Waals surface area contributed by atoms with Crippen LogP contribution in [0.2, 0.25) is 0 Å². The van der Waals surface area contributed by atoms with Crippen molar-refractivity contribution in [3.8, 4) is 5.75 Å². The summed E-state index contributed by atoms with van der Waals surface area (Å²) in [6.45, 7) is 1.98. The number of benzene rings is 2. The van der Waals surface area contributed by atoms with E-state index in [0.717, 1.165) is 10.2 Å². The van der Waals surface area contributed by atoms with Gasteiger partial charge >= 0.3 is 0 Å². The molecule has 0 unspecified atom stereocenters. The fraction of sp³-hybridized carbons (Fsp3) is 0.250. The van der Waals surface area contributed by atoms with E-state index in [2.05, 4.69) is 4.98 Å². The van der Waals surface area contributed by atoms with E-state index in [4.69, 9.17) is 10.5 Å². The third-order valence-electron chi connectivity index (χ3n) is 4.68. The van der Waals surface area contributed by atoms with Crippen molar-refractivity contribution in [2.24, 2.45) is 0 Å². The van der Waals surface area contributed by atoms with Crippen molar-refractivity contribution >= 4 is 38.5 Å². The number of fused-ring (bicyclic) bond motifs is 1. The molecule has 1 aliphatic rings. The number of anilines is 1. The lowest BCUT2D eigenvalue weighted by atomic mass is 10.1. The molecule has 0 radical (unpaired) electrons. The summed E-state index contributed by atoms with van der Waals surface area (Å²) in [5.41, 5.74) is 7.05. The maximum atomic E-state index is 12.8. The minimum absolute atomic E-state index is 0.000124. The number of nitrogen functional groups attached to an aromatic ring is 1. The third-order valence-corrected chi connectivity index (χ3v) is 5.54. The molecule has 1 saturated heterocycles. The van der Waals surface area contributed by atoms with Gasteiger partial charge in [-0.25, -0.2) is 4.98 Å². The molecule has 0 bridgehead atoms. The Kier molecular flexibility index (Phi) is 5.12. The van der Waals surface area contributed by atoms with E-state index >= 15 is 0 Å². The number of amides is 2. The number of thiazole rings is 1. The van der Waals surface area contributed by atoms with E-state index in [1.807, 2.05) is 36.4 Å². The molecule has 1 aromatic heterocycles. The molecule has 7 nitrogen and oxygen atoms in total. The van der Waals surface area contributed by atoms with E-state index < -0.39 is 0 Å². The standard InChI is InChI=1S/C20H20N4O3S/c21-20-22-16-12-14(6-7-17(16)28-20)19(26)24-10-8-23(9-11-24)18(25)13-27-15-4-2-1-3-5-15/h1-7,12H,8-11,13H2,(H2,21,22). The molecule has 2 heterocycles. The van der Waals surface area contributed by atoms with Gasteiger partial charge in [0.2, 0.25) is 0 Å². The summed E-state index contributed by atoms with van der Waals surface area (Å²) in [4.78, 5) is 32.9. The van der Waals surface area contributed by atoms with E-state index in [0.29, 0.717) is 42.6 Å². The quantitative estimate of drug-likeness (QED) is 0.731. The van der Waals surface area contributed by atoms with E-state index in [9.17, 15) is 9.59 Å². The van der Waals surface area contributed by atoms with Crippen molar-refractivity contribution in [1.82, 2.24) is 14.8 Å². The number of hydrogen-bond acceptors (Lipinski definition) is 6. The van der Waals surface area contributed by atoms with Gasteiger partial charge in [-0.1, -0.05) is 29.5 Å². The molecule has 2 amide bonds. The summed E-state index contributed by atoms with van der Waals surface area (Å²) < 4.78 is 6.48. The van der Waals surface area contributed by atoms with Crippen LogP contribution in [0.5, 0.6) is 5.75 Å². The molecule has 1 fully saturated rings. The van der Waals surface area contributed by atoms with Gasteiger partial charge in [-0.05, 0) is 30.3 Å². The Morgan fingerprint density at radius 2 is 1.75 bits per heavy atom.